The Labute approximate surface area is 214 Å². The number of hydrogen-bond acceptors (Lipinski definition) is 2. The molecule has 1 N–H and O–H groups in total. The summed E-state index contributed by atoms with van der Waals surface area (Å²) in [6, 6.07) is 12.3. The summed E-state index contributed by atoms with van der Waals surface area (Å²) in [5.41, 5.74) is 4.42. The number of nitrogens with zero attached hydrogens (tertiary/aromatic N) is 2. The van der Waals surface area contributed by atoms with Gasteiger partial charge in [-0.05, 0) is 23.7 Å². The van der Waals surface area contributed by atoms with Crippen molar-refractivity contribution in [3.05, 3.63) is 58.7 Å². The lowest BCUT2D eigenvalue weighted by Gasteiger charge is -2.24. The number of para-hydroxylation sites is 2. The largest absolute Gasteiger partial charge is 0.472 e. The number of halogens is 2. The summed E-state index contributed by atoms with van der Waals surface area (Å²) < 4.78 is 1.76. The van der Waals surface area contributed by atoms with Gasteiger partial charge in [-0.2, -0.15) is 9.48 Å². The molecule has 1 heterocycles. The van der Waals surface area contributed by atoms with E-state index in [1.165, 1.54) is 0 Å². The molecule has 0 spiro atoms. The Kier molecular flexibility index (Phi) is 8.04. The molecule has 4 nitrogen and oxygen atoms in total. The van der Waals surface area contributed by atoms with Crippen LogP contribution in [0.25, 0.3) is 0 Å². The summed E-state index contributed by atoms with van der Waals surface area (Å²) in [6.45, 7) is 16.9. The molecule has 0 bridgehead atoms. The highest BCUT2D eigenvalue weighted by molar-refractivity contribution is 6.44. The van der Waals surface area contributed by atoms with Gasteiger partial charge in [0, 0.05) is 22.3 Å². The van der Waals surface area contributed by atoms with Crippen LogP contribution in [0.2, 0.25) is 0 Å². The third kappa shape index (κ3) is 4.59. The molecule has 0 fully saturated rings. The monoisotopic (exact) mass is 503 g/mol. The maximum atomic E-state index is 12.9. The zero-order valence-corrected chi connectivity index (χ0v) is 22.9. The van der Waals surface area contributed by atoms with Gasteiger partial charge in [-0.25, -0.2) is 4.79 Å². The van der Waals surface area contributed by atoms with Gasteiger partial charge in [-0.15, -0.1) is 0 Å². The first kappa shape index (κ1) is 26.6. The normalized spacial score (nSPS) is 18.8. The fourth-order valence-electron chi connectivity index (χ4n) is 4.84. The number of benzene rings is 2. The van der Waals surface area contributed by atoms with Crippen LogP contribution in [0.1, 0.15) is 101 Å². The lowest BCUT2D eigenvalue weighted by atomic mass is 9.91. The predicted octanol–water partition coefficient (Wildman–Crippen LogP) is 7.96. The van der Waals surface area contributed by atoms with E-state index in [0.717, 1.165) is 33.6 Å². The highest BCUT2D eigenvalue weighted by atomic mass is 35.5. The van der Waals surface area contributed by atoms with Crippen molar-refractivity contribution < 1.29 is 14.5 Å². The average Bonchev–Trinajstić information content (AvgIpc) is 3.02. The number of hydrogen-bond donors (Lipinski definition) is 1. The van der Waals surface area contributed by atoms with Gasteiger partial charge in [-0.3, -0.25) is 0 Å². The molecule has 0 saturated heterocycles. The smallest absolute Gasteiger partial charge is 0.419 e. The minimum Gasteiger partial charge on any atom is -0.472 e. The number of rotatable bonds is 7. The van der Waals surface area contributed by atoms with Crippen LogP contribution < -0.4 is 4.90 Å². The van der Waals surface area contributed by atoms with E-state index in [1.807, 2.05) is 12.1 Å². The second kappa shape index (κ2) is 10.3. The molecule has 0 saturated carbocycles. The second-order valence-electron chi connectivity index (χ2n) is 10.3. The summed E-state index contributed by atoms with van der Waals surface area (Å²) in [5, 5.41) is 10.6. The molecule has 2 atom stereocenters. The molecule has 2 aromatic rings. The van der Waals surface area contributed by atoms with Gasteiger partial charge in [0.15, 0.2) is 0 Å². The quantitative estimate of drug-likeness (QED) is 0.236. The minimum absolute atomic E-state index is 0.102. The molecule has 184 valence electrons. The number of carboxylic acids is 1. The number of anilines is 1. The molecule has 34 heavy (non-hydrogen) atoms. The zero-order valence-electron chi connectivity index (χ0n) is 21.4. The van der Waals surface area contributed by atoms with Gasteiger partial charge < -0.3 is 5.11 Å². The van der Waals surface area contributed by atoms with Crippen molar-refractivity contribution in [2.75, 3.05) is 4.90 Å². The Bertz CT molecular complexity index is 1050. The second-order valence-corrected chi connectivity index (χ2v) is 11.2. The van der Waals surface area contributed by atoms with Crippen LogP contribution in [0.5, 0.6) is 0 Å². The summed E-state index contributed by atoms with van der Waals surface area (Å²) in [4.78, 5) is 14.7. The number of amidine groups is 1. The first-order valence-corrected chi connectivity index (χ1v) is 13.0. The van der Waals surface area contributed by atoms with Crippen molar-refractivity contribution in [1.29, 1.82) is 0 Å². The van der Waals surface area contributed by atoms with Gasteiger partial charge in [-0.1, -0.05) is 115 Å². The number of carbonyl (C=O) groups is 1. The lowest BCUT2D eigenvalue weighted by Crippen LogP contribution is -2.40. The van der Waals surface area contributed by atoms with Gasteiger partial charge >= 0.3 is 11.8 Å². The van der Waals surface area contributed by atoms with E-state index in [0.29, 0.717) is 0 Å². The number of alkyl halides is 2. The first-order chi connectivity index (χ1) is 15.9. The Morgan fingerprint density at radius 1 is 0.794 bits per heavy atom. The maximum Gasteiger partial charge on any atom is 0.419 e. The third-order valence-electron chi connectivity index (χ3n) is 6.53. The van der Waals surface area contributed by atoms with Crippen LogP contribution in [0, 0.1) is 0 Å². The van der Waals surface area contributed by atoms with E-state index in [2.05, 4.69) is 79.7 Å². The van der Waals surface area contributed by atoms with E-state index in [-0.39, 0.29) is 29.5 Å². The van der Waals surface area contributed by atoms with Crippen molar-refractivity contribution >= 4 is 46.4 Å². The standard InChI is InChI=1S/C28H36Cl2N2O2/c1-15(2)19-11-9-12-20(16(3)4)23(19)31-25(29)26(30)32(27(31)28(33)34)24-21(17(5)6)13-10-14-22(24)18(7)8/h9-18,25-26H,1-8H3/p+1. The molecule has 1 aliphatic rings. The van der Waals surface area contributed by atoms with E-state index in [9.17, 15) is 9.90 Å². The molecule has 0 aromatic heterocycles. The van der Waals surface area contributed by atoms with Crippen LogP contribution >= 0.6 is 23.2 Å². The summed E-state index contributed by atoms with van der Waals surface area (Å²) >= 11 is 14.1. The first-order valence-electron chi connectivity index (χ1n) is 12.1. The van der Waals surface area contributed by atoms with Gasteiger partial charge in [0.25, 0.3) is 0 Å². The Morgan fingerprint density at radius 3 is 1.53 bits per heavy atom. The summed E-state index contributed by atoms with van der Waals surface area (Å²) in [6.07, 6.45) is 0. The van der Waals surface area contributed by atoms with Crippen molar-refractivity contribution in [2.45, 2.75) is 90.1 Å². The zero-order chi connectivity index (χ0) is 25.5. The fraction of sp³-hybridized carbons (Fsp3) is 0.500. The maximum absolute atomic E-state index is 12.9. The van der Waals surface area contributed by atoms with Crippen LogP contribution in [-0.2, 0) is 4.79 Å². The molecule has 2 aromatic carbocycles. The van der Waals surface area contributed by atoms with Crippen molar-refractivity contribution in [3.8, 4) is 0 Å². The van der Waals surface area contributed by atoms with E-state index >= 15 is 0 Å². The van der Waals surface area contributed by atoms with E-state index in [4.69, 9.17) is 23.2 Å². The fourth-order valence-corrected chi connectivity index (χ4v) is 5.45. The van der Waals surface area contributed by atoms with Crippen molar-refractivity contribution in [2.24, 2.45) is 0 Å². The molecule has 0 amide bonds. The molecule has 0 aliphatic carbocycles. The Morgan fingerprint density at radius 2 is 1.18 bits per heavy atom. The topological polar surface area (TPSA) is 43.6 Å². The predicted molar refractivity (Wildman–Crippen MR) is 144 cm³/mol. The lowest BCUT2D eigenvalue weighted by molar-refractivity contribution is -0.450. The van der Waals surface area contributed by atoms with Crippen molar-refractivity contribution in [1.82, 2.24) is 0 Å². The van der Waals surface area contributed by atoms with Crippen molar-refractivity contribution in [3.63, 3.8) is 0 Å². The van der Waals surface area contributed by atoms with Crippen LogP contribution in [0.3, 0.4) is 0 Å². The molecule has 2 unspecified atom stereocenters. The third-order valence-corrected chi connectivity index (χ3v) is 7.53. The molecule has 6 heteroatoms. The molecule has 3 rings (SSSR count). The van der Waals surface area contributed by atoms with Gasteiger partial charge in [0.2, 0.25) is 11.0 Å². The Balaban J connectivity index is 2.46. The minimum atomic E-state index is -1.05. The SMILES string of the molecule is CC(C)c1cccc(C(C)C)c1N1C(C(=O)O)=[N+](c2c(C(C)C)cccc2C(C)C)C(Cl)C1Cl. The van der Waals surface area contributed by atoms with Gasteiger partial charge in [0.1, 0.15) is 11.4 Å². The van der Waals surface area contributed by atoms with Gasteiger partial charge in [0.05, 0.1) is 0 Å². The average molecular weight is 505 g/mol. The summed E-state index contributed by atoms with van der Waals surface area (Å²) in [7, 11) is 0. The van der Waals surface area contributed by atoms with E-state index < -0.39 is 17.0 Å². The highest BCUT2D eigenvalue weighted by Gasteiger charge is 2.54. The molecular formula is C28H37Cl2N2O2+. The number of aliphatic carboxylic acids is 1. The van der Waals surface area contributed by atoms with Crippen LogP contribution in [0.15, 0.2) is 36.4 Å². The molecule has 1 aliphatic heterocycles. The Hall–Kier alpha value is -2.04. The molecular weight excluding hydrogens is 467 g/mol. The number of carboxylic acid groups (broad SMARTS) is 1. The van der Waals surface area contributed by atoms with Crippen LogP contribution in [0.4, 0.5) is 11.4 Å². The van der Waals surface area contributed by atoms with E-state index in [1.54, 1.807) is 9.48 Å². The highest BCUT2D eigenvalue weighted by Crippen LogP contribution is 2.44. The van der Waals surface area contributed by atoms with Crippen LogP contribution in [-0.4, -0.2) is 32.5 Å². The molecule has 0 radical (unpaired) electrons. The summed E-state index contributed by atoms with van der Waals surface area (Å²) in [5.74, 6) is -0.205.